The Morgan fingerprint density at radius 1 is 0.714 bits per heavy atom. The standard InChI is InChI=1S/C20H16N6O2/c27-19(17-3-1-9-21-13-17)25-23-11-15-5-7-16(8-6-15)12-24-26-20(28)18-4-2-10-22-14-18/h1-14H,(H,25,27)(H,26,28)/b23-11-,24-12-. The van der Waals surface area contributed by atoms with Gasteiger partial charge in [0.1, 0.15) is 0 Å². The SMILES string of the molecule is O=C(N/N=C\c1ccc(/C=N\NC(=O)c2cccnc2)cc1)c1cccnc1. The minimum absolute atomic E-state index is 0.336. The monoisotopic (exact) mass is 372 g/mol. The van der Waals surface area contributed by atoms with E-state index in [1.165, 1.54) is 24.8 Å². The van der Waals surface area contributed by atoms with Crippen molar-refractivity contribution in [2.24, 2.45) is 10.2 Å². The molecule has 1 aromatic carbocycles. The van der Waals surface area contributed by atoms with Gasteiger partial charge in [-0.1, -0.05) is 24.3 Å². The Bertz CT molecular complexity index is 904. The van der Waals surface area contributed by atoms with Gasteiger partial charge in [-0.15, -0.1) is 0 Å². The Morgan fingerprint density at radius 2 is 1.14 bits per heavy atom. The Hall–Kier alpha value is -4.20. The summed E-state index contributed by atoms with van der Waals surface area (Å²) in [5.74, 6) is -0.671. The van der Waals surface area contributed by atoms with E-state index >= 15 is 0 Å². The normalized spacial score (nSPS) is 10.9. The number of carbonyl (C=O) groups is 2. The van der Waals surface area contributed by atoms with Crippen molar-refractivity contribution in [1.82, 2.24) is 20.8 Å². The molecule has 3 rings (SSSR count). The third kappa shape index (κ3) is 5.40. The number of hydrazone groups is 2. The van der Waals surface area contributed by atoms with Gasteiger partial charge in [0.2, 0.25) is 0 Å². The summed E-state index contributed by atoms with van der Waals surface area (Å²) < 4.78 is 0. The summed E-state index contributed by atoms with van der Waals surface area (Å²) in [4.78, 5) is 31.4. The molecule has 2 N–H and O–H groups in total. The summed E-state index contributed by atoms with van der Waals surface area (Å²) in [5.41, 5.74) is 7.32. The first kappa shape index (κ1) is 18.6. The van der Waals surface area contributed by atoms with Gasteiger partial charge in [-0.25, -0.2) is 10.9 Å². The molecule has 3 aromatic rings. The number of nitrogens with zero attached hydrogens (tertiary/aromatic N) is 4. The van der Waals surface area contributed by atoms with E-state index in [2.05, 4.69) is 31.0 Å². The van der Waals surface area contributed by atoms with Crippen LogP contribution in [0.15, 0.2) is 83.5 Å². The predicted molar refractivity (Wildman–Crippen MR) is 105 cm³/mol. The summed E-state index contributed by atoms with van der Waals surface area (Å²) in [5, 5.41) is 7.84. The van der Waals surface area contributed by atoms with Crippen LogP contribution < -0.4 is 10.9 Å². The Morgan fingerprint density at radius 3 is 1.50 bits per heavy atom. The molecule has 138 valence electrons. The second-order valence-corrected chi connectivity index (χ2v) is 5.55. The molecule has 0 fully saturated rings. The van der Waals surface area contributed by atoms with E-state index in [1.807, 2.05) is 24.3 Å². The van der Waals surface area contributed by atoms with E-state index in [0.29, 0.717) is 11.1 Å². The van der Waals surface area contributed by atoms with Crippen molar-refractivity contribution in [2.75, 3.05) is 0 Å². The average Bonchev–Trinajstić information content (AvgIpc) is 2.76. The van der Waals surface area contributed by atoms with Gasteiger partial charge >= 0.3 is 0 Å². The maximum Gasteiger partial charge on any atom is 0.272 e. The van der Waals surface area contributed by atoms with Crippen molar-refractivity contribution in [3.63, 3.8) is 0 Å². The Balaban J connectivity index is 1.50. The third-order valence-corrected chi connectivity index (χ3v) is 3.54. The molecule has 8 heteroatoms. The molecule has 0 spiro atoms. The lowest BCUT2D eigenvalue weighted by atomic mass is 10.2. The Kier molecular flexibility index (Phi) is 6.30. The molecule has 0 radical (unpaired) electrons. The van der Waals surface area contributed by atoms with E-state index < -0.39 is 0 Å². The van der Waals surface area contributed by atoms with Crippen molar-refractivity contribution in [1.29, 1.82) is 0 Å². The van der Waals surface area contributed by atoms with Gasteiger partial charge in [0.05, 0.1) is 23.6 Å². The zero-order chi connectivity index (χ0) is 19.6. The van der Waals surface area contributed by atoms with Crippen LogP contribution in [0.4, 0.5) is 0 Å². The van der Waals surface area contributed by atoms with Gasteiger partial charge < -0.3 is 0 Å². The molecule has 8 nitrogen and oxygen atoms in total. The summed E-state index contributed by atoms with van der Waals surface area (Å²) in [6.45, 7) is 0. The number of amides is 2. The second-order valence-electron chi connectivity index (χ2n) is 5.55. The molecular weight excluding hydrogens is 356 g/mol. The van der Waals surface area contributed by atoms with E-state index in [0.717, 1.165) is 11.1 Å². The molecule has 0 atom stereocenters. The van der Waals surface area contributed by atoms with E-state index in [-0.39, 0.29) is 11.8 Å². The van der Waals surface area contributed by atoms with E-state index in [9.17, 15) is 9.59 Å². The number of carbonyl (C=O) groups excluding carboxylic acids is 2. The fourth-order valence-corrected chi connectivity index (χ4v) is 2.12. The van der Waals surface area contributed by atoms with Crippen LogP contribution in [-0.4, -0.2) is 34.2 Å². The third-order valence-electron chi connectivity index (χ3n) is 3.54. The highest BCUT2D eigenvalue weighted by Gasteiger charge is 2.03. The number of aromatic nitrogens is 2. The molecule has 0 aliphatic carbocycles. The van der Waals surface area contributed by atoms with Crippen LogP contribution in [0.3, 0.4) is 0 Å². The minimum Gasteiger partial charge on any atom is -0.267 e. The van der Waals surface area contributed by atoms with Crippen LogP contribution >= 0.6 is 0 Å². The van der Waals surface area contributed by atoms with Crippen LogP contribution in [0.2, 0.25) is 0 Å². The zero-order valence-corrected chi connectivity index (χ0v) is 14.7. The number of hydrogen-bond donors (Lipinski definition) is 2. The maximum atomic E-state index is 11.8. The lowest BCUT2D eigenvalue weighted by Gasteiger charge is -1.99. The average molecular weight is 372 g/mol. The minimum atomic E-state index is -0.336. The lowest BCUT2D eigenvalue weighted by Crippen LogP contribution is -2.17. The van der Waals surface area contributed by atoms with Gasteiger partial charge in [-0.3, -0.25) is 19.6 Å². The van der Waals surface area contributed by atoms with Gasteiger partial charge in [0.15, 0.2) is 0 Å². The molecule has 0 saturated heterocycles. The number of hydrogen-bond acceptors (Lipinski definition) is 6. The first-order chi connectivity index (χ1) is 13.7. The molecule has 2 heterocycles. The van der Waals surface area contributed by atoms with E-state index in [4.69, 9.17) is 0 Å². The van der Waals surface area contributed by atoms with Gasteiger partial charge in [-0.05, 0) is 35.4 Å². The van der Waals surface area contributed by atoms with Crippen LogP contribution in [0, 0.1) is 0 Å². The molecule has 0 bridgehead atoms. The molecule has 0 aliphatic heterocycles. The molecular formula is C20H16N6O2. The highest BCUT2D eigenvalue weighted by Crippen LogP contribution is 2.01. The zero-order valence-electron chi connectivity index (χ0n) is 14.7. The quantitative estimate of drug-likeness (QED) is 0.509. The van der Waals surface area contributed by atoms with Crippen molar-refractivity contribution in [3.8, 4) is 0 Å². The number of benzene rings is 1. The Labute approximate surface area is 161 Å². The maximum absolute atomic E-state index is 11.8. The first-order valence-electron chi connectivity index (χ1n) is 8.29. The largest absolute Gasteiger partial charge is 0.272 e. The fraction of sp³-hybridized carbons (Fsp3) is 0. The summed E-state index contributed by atoms with van der Waals surface area (Å²) in [6.07, 6.45) is 9.17. The molecule has 28 heavy (non-hydrogen) atoms. The topological polar surface area (TPSA) is 109 Å². The van der Waals surface area contributed by atoms with Crippen molar-refractivity contribution in [2.45, 2.75) is 0 Å². The van der Waals surface area contributed by atoms with Crippen LogP contribution in [0.25, 0.3) is 0 Å². The van der Waals surface area contributed by atoms with Gasteiger partial charge in [0, 0.05) is 24.8 Å². The second kappa shape index (κ2) is 9.48. The van der Waals surface area contributed by atoms with Gasteiger partial charge in [-0.2, -0.15) is 10.2 Å². The summed E-state index contributed by atoms with van der Waals surface area (Å²) in [7, 11) is 0. The number of pyridine rings is 2. The predicted octanol–water partition coefficient (Wildman–Crippen LogP) is 2.00. The first-order valence-corrected chi connectivity index (χ1v) is 8.29. The molecule has 0 unspecified atom stereocenters. The fourth-order valence-electron chi connectivity index (χ4n) is 2.12. The molecule has 0 aliphatic rings. The van der Waals surface area contributed by atoms with E-state index in [1.54, 1.807) is 36.7 Å². The van der Waals surface area contributed by atoms with Gasteiger partial charge in [0.25, 0.3) is 11.8 Å². The number of rotatable bonds is 6. The van der Waals surface area contributed by atoms with Crippen LogP contribution in [-0.2, 0) is 0 Å². The smallest absolute Gasteiger partial charge is 0.267 e. The molecule has 2 amide bonds. The van der Waals surface area contributed by atoms with Crippen LogP contribution in [0.1, 0.15) is 31.8 Å². The highest BCUT2D eigenvalue weighted by molar-refractivity contribution is 5.95. The molecule has 2 aromatic heterocycles. The lowest BCUT2D eigenvalue weighted by molar-refractivity contribution is 0.0946. The summed E-state index contributed by atoms with van der Waals surface area (Å²) >= 11 is 0. The molecule has 0 saturated carbocycles. The summed E-state index contributed by atoms with van der Waals surface area (Å²) in [6, 6.07) is 13.9. The van der Waals surface area contributed by atoms with Crippen molar-refractivity contribution < 1.29 is 9.59 Å². The number of nitrogens with one attached hydrogen (secondary N) is 2. The van der Waals surface area contributed by atoms with Crippen LogP contribution in [0.5, 0.6) is 0 Å². The van der Waals surface area contributed by atoms with Crippen molar-refractivity contribution in [3.05, 3.63) is 95.6 Å². The highest BCUT2D eigenvalue weighted by atomic mass is 16.2. The van der Waals surface area contributed by atoms with Crippen molar-refractivity contribution >= 4 is 24.2 Å².